The van der Waals surface area contributed by atoms with Gasteiger partial charge in [0.05, 0.1) is 5.56 Å². The van der Waals surface area contributed by atoms with Crippen molar-refractivity contribution in [2.75, 3.05) is 6.61 Å². The molecule has 2 atom stereocenters. The van der Waals surface area contributed by atoms with E-state index in [2.05, 4.69) is 28.2 Å². The molecule has 1 fully saturated rings. The topological polar surface area (TPSA) is 55.4 Å². The van der Waals surface area contributed by atoms with Crippen LogP contribution in [0.5, 0.6) is 0 Å². The van der Waals surface area contributed by atoms with Crippen LogP contribution in [-0.4, -0.2) is 24.5 Å². The van der Waals surface area contributed by atoms with Gasteiger partial charge >= 0.3 is 5.97 Å². The zero-order valence-electron chi connectivity index (χ0n) is 12.1. The fraction of sp³-hybridized carbons (Fsp3) is 0.500. The fourth-order valence-corrected chi connectivity index (χ4v) is 2.84. The molecule has 0 heterocycles. The molecule has 0 saturated heterocycles. The van der Waals surface area contributed by atoms with Gasteiger partial charge in [-0.15, -0.1) is 0 Å². The summed E-state index contributed by atoms with van der Waals surface area (Å²) in [7, 11) is 0. The number of benzene rings is 1. The van der Waals surface area contributed by atoms with E-state index in [1.54, 1.807) is 24.3 Å². The van der Waals surface area contributed by atoms with Crippen molar-refractivity contribution in [3.63, 3.8) is 0 Å². The minimum atomic E-state index is -0.477. The second kappa shape index (κ2) is 7.59. The maximum absolute atomic E-state index is 11.9. The van der Waals surface area contributed by atoms with Crippen LogP contribution in [0.3, 0.4) is 0 Å². The molecule has 0 bridgehead atoms. The van der Waals surface area contributed by atoms with Crippen molar-refractivity contribution in [3.05, 3.63) is 34.3 Å². The zero-order chi connectivity index (χ0) is 15.2. The third-order valence-electron chi connectivity index (χ3n) is 3.87. The van der Waals surface area contributed by atoms with Gasteiger partial charge in [0, 0.05) is 10.5 Å². The van der Waals surface area contributed by atoms with E-state index < -0.39 is 5.97 Å². The highest BCUT2D eigenvalue weighted by Gasteiger charge is 2.23. The summed E-state index contributed by atoms with van der Waals surface area (Å²) in [5.74, 6) is -0.210. The number of hydrogen-bond donors (Lipinski definition) is 1. The van der Waals surface area contributed by atoms with E-state index in [9.17, 15) is 9.59 Å². The van der Waals surface area contributed by atoms with Crippen LogP contribution in [0, 0.1) is 5.92 Å². The molecule has 21 heavy (non-hydrogen) atoms. The van der Waals surface area contributed by atoms with Gasteiger partial charge in [-0.1, -0.05) is 35.7 Å². The third kappa shape index (κ3) is 4.84. The van der Waals surface area contributed by atoms with Crippen molar-refractivity contribution < 1.29 is 14.3 Å². The summed E-state index contributed by atoms with van der Waals surface area (Å²) in [6.07, 6.45) is 4.53. The average molecular weight is 354 g/mol. The van der Waals surface area contributed by atoms with E-state index in [0.717, 1.165) is 23.7 Å². The highest BCUT2D eigenvalue weighted by Crippen LogP contribution is 2.23. The Morgan fingerprint density at radius 1 is 1.24 bits per heavy atom. The second-order valence-corrected chi connectivity index (χ2v) is 6.43. The number of carbonyl (C=O) groups excluding carboxylic acids is 2. The largest absolute Gasteiger partial charge is 0.452 e. The zero-order valence-corrected chi connectivity index (χ0v) is 13.7. The Bertz CT molecular complexity index is 501. The normalized spacial score (nSPS) is 21.6. The van der Waals surface area contributed by atoms with Gasteiger partial charge in [0.1, 0.15) is 0 Å². The highest BCUT2D eigenvalue weighted by atomic mass is 79.9. The second-order valence-electron chi connectivity index (χ2n) is 5.52. The molecule has 1 aliphatic rings. The summed E-state index contributed by atoms with van der Waals surface area (Å²) >= 11 is 3.30. The van der Waals surface area contributed by atoms with Crippen LogP contribution < -0.4 is 5.32 Å². The van der Waals surface area contributed by atoms with Gasteiger partial charge in [0.2, 0.25) is 0 Å². The molecule has 2 rings (SSSR count). The van der Waals surface area contributed by atoms with E-state index in [1.807, 2.05) is 0 Å². The van der Waals surface area contributed by atoms with Crippen LogP contribution in [-0.2, 0) is 9.53 Å². The molecular formula is C16H20BrNO3. The Morgan fingerprint density at radius 2 is 1.90 bits per heavy atom. The number of ether oxygens (including phenoxy) is 1. The van der Waals surface area contributed by atoms with Crippen LogP contribution in [0.2, 0.25) is 0 Å². The van der Waals surface area contributed by atoms with Crippen LogP contribution in [0.15, 0.2) is 28.7 Å². The Hall–Kier alpha value is -1.36. The van der Waals surface area contributed by atoms with Gasteiger partial charge in [-0.05, 0) is 43.0 Å². The summed E-state index contributed by atoms with van der Waals surface area (Å²) in [6, 6.07) is 7.06. The molecule has 1 saturated carbocycles. The van der Waals surface area contributed by atoms with Crippen molar-refractivity contribution >= 4 is 27.8 Å². The van der Waals surface area contributed by atoms with Gasteiger partial charge < -0.3 is 10.1 Å². The molecule has 0 radical (unpaired) electrons. The predicted molar refractivity (Wildman–Crippen MR) is 84.0 cm³/mol. The number of rotatable bonds is 4. The summed E-state index contributed by atoms with van der Waals surface area (Å²) in [5, 5.41) is 2.96. The van der Waals surface area contributed by atoms with Crippen molar-refractivity contribution in [2.45, 2.75) is 38.6 Å². The third-order valence-corrected chi connectivity index (χ3v) is 4.40. The van der Waals surface area contributed by atoms with E-state index in [-0.39, 0.29) is 18.6 Å². The van der Waals surface area contributed by atoms with E-state index in [4.69, 9.17) is 4.74 Å². The minimum absolute atomic E-state index is 0.206. The van der Waals surface area contributed by atoms with Gasteiger partial charge in [-0.2, -0.15) is 0 Å². The lowest BCUT2D eigenvalue weighted by atomic mass is 9.86. The van der Waals surface area contributed by atoms with Crippen LogP contribution in [0.1, 0.15) is 43.0 Å². The van der Waals surface area contributed by atoms with Crippen molar-refractivity contribution in [1.29, 1.82) is 0 Å². The standard InChI is InChI=1S/C16H20BrNO3/c1-11-4-2-3-5-14(11)18-15(19)10-21-16(20)12-6-8-13(17)9-7-12/h6-9,11,14H,2-5,10H2,1H3,(H,18,19)/t11-,14+/m0/s1. The van der Waals surface area contributed by atoms with E-state index >= 15 is 0 Å². The number of amides is 1. The first-order chi connectivity index (χ1) is 10.1. The van der Waals surface area contributed by atoms with Gasteiger partial charge in [-0.3, -0.25) is 4.79 Å². The molecule has 0 unspecified atom stereocenters. The van der Waals surface area contributed by atoms with E-state index in [1.165, 1.54) is 6.42 Å². The Kier molecular flexibility index (Phi) is 5.79. The minimum Gasteiger partial charge on any atom is -0.452 e. The Morgan fingerprint density at radius 3 is 2.57 bits per heavy atom. The van der Waals surface area contributed by atoms with Crippen LogP contribution >= 0.6 is 15.9 Å². The molecule has 1 aliphatic carbocycles. The first-order valence-corrected chi connectivity index (χ1v) is 8.07. The summed E-state index contributed by atoms with van der Waals surface area (Å²) in [5.41, 5.74) is 0.442. The number of nitrogens with one attached hydrogen (secondary N) is 1. The predicted octanol–water partition coefficient (Wildman–Crippen LogP) is 3.30. The summed E-state index contributed by atoms with van der Waals surface area (Å²) in [4.78, 5) is 23.7. The summed E-state index contributed by atoms with van der Waals surface area (Å²) in [6.45, 7) is 1.93. The molecular weight excluding hydrogens is 334 g/mol. The van der Waals surface area contributed by atoms with Crippen LogP contribution in [0.4, 0.5) is 0 Å². The first-order valence-electron chi connectivity index (χ1n) is 7.28. The molecule has 1 aromatic carbocycles. The molecule has 1 amide bonds. The number of halogens is 1. The number of carbonyl (C=O) groups is 2. The molecule has 1 aromatic rings. The average Bonchev–Trinajstić information content (AvgIpc) is 2.48. The monoisotopic (exact) mass is 353 g/mol. The Balaban J connectivity index is 1.78. The molecule has 4 nitrogen and oxygen atoms in total. The molecule has 0 aromatic heterocycles. The van der Waals surface area contributed by atoms with Crippen molar-refractivity contribution in [1.82, 2.24) is 5.32 Å². The molecule has 114 valence electrons. The van der Waals surface area contributed by atoms with Crippen molar-refractivity contribution in [2.24, 2.45) is 5.92 Å². The number of hydrogen-bond acceptors (Lipinski definition) is 3. The fourth-order valence-electron chi connectivity index (χ4n) is 2.58. The smallest absolute Gasteiger partial charge is 0.338 e. The molecule has 5 heteroatoms. The van der Waals surface area contributed by atoms with Gasteiger partial charge in [0.25, 0.3) is 5.91 Å². The van der Waals surface area contributed by atoms with Gasteiger partial charge in [0.15, 0.2) is 6.61 Å². The first kappa shape index (κ1) is 16.0. The Labute approximate surface area is 133 Å². The lowest BCUT2D eigenvalue weighted by Gasteiger charge is -2.29. The highest BCUT2D eigenvalue weighted by molar-refractivity contribution is 9.10. The van der Waals surface area contributed by atoms with Gasteiger partial charge in [-0.25, -0.2) is 4.79 Å². The van der Waals surface area contributed by atoms with E-state index in [0.29, 0.717) is 11.5 Å². The lowest BCUT2D eigenvalue weighted by molar-refractivity contribution is -0.125. The molecule has 0 aliphatic heterocycles. The van der Waals surface area contributed by atoms with Crippen LogP contribution in [0.25, 0.3) is 0 Å². The maximum Gasteiger partial charge on any atom is 0.338 e. The maximum atomic E-state index is 11.9. The molecule has 1 N–H and O–H groups in total. The SMILES string of the molecule is C[C@H]1CCCC[C@H]1NC(=O)COC(=O)c1ccc(Br)cc1. The lowest BCUT2D eigenvalue weighted by Crippen LogP contribution is -2.42. The quantitative estimate of drug-likeness (QED) is 0.844. The summed E-state index contributed by atoms with van der Waals surface area (Å²) < 4.78 is 5.93. The number of esters is 1. The molecule has 0 spiro atoms. The van der Waals surface area contributed by atoms with Crippen molar-refractivity contribution in [3.8, 4) is 0 Å².